The van der Waals surface area contributed by atoms with E-state index < -0.39 is 0 Å². The molecule has 0 saturated carbocycles. The highest BCUT2D eigenvalue weighted by Crippen LogP contribution is 2.32. The molecule has 1 aliphatic rings. The Morgan fingerprint density at radius 2 is 2.39 bits per heavy atom. The van der Waals surface area contributed by atoms with Crippen LogP contribution in [0.15, 0.2) is 18.2 Å². The second kappa shape index (κ2) is 5.83. The lowest BCUT2D eigenvalue weighted by Crippen LogP contribution is -2.44. The van der Waals surface area contributed by atoms with E-state index in [1.807, 2.05) is 0 Å². The molecule has 0 aliphatic carbocycles. The molecular weight excluding hydrogens is 352 g/mol. The van der Waals surface area contributed by atoms with Crippen LogP contribution >= 0.6 is 22.6 Å². The van der Waals surface area contributed by atoms with Crippen LogP contribution in [-0.2, 0) is 9.53 Å². The normalized spacial score (nSPS) is 16.2. The molecule has 1 heterocycles. The molecule has 1 amide bonds. The fraction of sp³-hybridized carbons (Fsp3) is 0.417. The summed E-state index contributed by atoms with van der Waals surface area (Å²) in [7, 11) is 1.61. The molecule has 1 aliphatic heterocycles. The van der Waals surface area contributed by atoms with E-state index in [9.17, 15) is 9.18 Å². The van der Waals surface area contributed by atoms with E-state index in [-0.39, 0.29) is 24.4 Å². The number of alkyl halides is 1. The van der Waals surface area contributed by atoms with E-state index in [0.717, 1.165) is 4.43 Å². The van der Waals surface area contributed by atoms with Gasteiger partial charge in [0.1, 0.15) is 11.6 Å². The van der Waals surface area contributed by atoms with E-state index >= 15 is 0 Å². The number of benzene rings is 1. The summed E-state index contributed by atoms with van der Waals surface area (Å²) in [6, 6.07) is 4.17. The Labute approximate surface area is 118 Å². The quantitative estimate of drug-likeness (QED) is 0.605. The molecule has 0 bridgehead atoms. The SMILES string of the molecule is CO[C@@H](CI)CN1C(=O)COc2cc(F)ccc21. The fourth-order valence-electron chi connectivity index (χ4n) is 1.77. The summed E-state index contributed by atoms with van der Waals surface area (Å²) in [5.41, 5.74) is 0.597. The van der Waals surface area contributed by atoms with Gasteiger partial charge in [0.25, 0.3) is 5.91 Å². The molecule has 1 atom stereocenters. The second-order valence-corrected chi connectivity index (χ2v) is 4.80. The van der Waals surface area contributed by atoms with Crippen molar-refractivity contribution in [1.29, 1.82) is 0 Å². The molecule has 0 radical (unpaired) electrons. The smallest absolute Gasteiger partial charge is 0.265 e. The van der Waals surface area contributed by atoms with Crippen molar-refractivity contribution in [3.8, 4) is 5.75 Å². The molecule has 0 fully saturated rings. The molecule has 0 unspecified atom stereocenters. The topological polar surface area (TPSA) is 38.8 Å². The van der Waals surface area contributed by atoms with Crippen molar-refractivity contribution in [3.63, 3.8) is 0 Å². The summed E-state index contributed by atoms with van der Waals surface area (Å²) >= 11 is 2.20. The number of carbonyl (C=O) groups is 1. The second-order valence-electron chi connectivity index (χ2n) is 3.92. The van der Waals surface area contributed by atoms with Gasteiger partial charge in [0, 0.05) is 17.6 Å². The third-order valence-electron chi connectivity index (χ3n) is 2.76. The molecular formula is C12H13FINO3. The van der Waals surface area contributed by atoms with Gasteiger partial charge >= 0.3 is 0 Å². The minimum Gasteiger partial charge on any atom is -0.481 e. The number of rotatable bonds is 4. The van der Waals surface area contributed by atoms with Gasteiger partial charge in [-0.25, -0.2) is 4.39 Å². The summed E-state index contributed by atoms with van der Waals surface area (Å²) < 4.78 is 24.4. The predicted octanol–water partition coefficient (Wildman–Crippen LogP) is 2.00. The van der Waals surface area contributed by atoms with E-state index in [4.69, 9.17) is 9.47 Å². The first-order valence-corrected chi connectivity index (χ1v) is 6.99. The van der Waals surface area contributed by atoms with Crippen molar-refractivity contribution in [2.45, 2.75) is 6.10 Å². The first kappa shape index (κ1) is 13.5. The third-order valence-corrected chi connectivity index (χ3v) is 3.74. The Morgan fingerprint density at radius 3 is 3.06 bits per heavy atom. The van der Waals surface area contributed by atoms with Gasteiger partial charge in [-0.1, -0.05) is 22.6 Å². The third kappa shape index (κ3) is 2.74. The summed E-state index contributed by atoms with van der Waals surface area (Å²) in [6.45, 7) is 0.383. The number of amides is 1. The van der Waals surface area contributed by atoms with Gasteiger partial charge in [-0.05, 0) is 12.1 Å². The van der Waals surface area contributed by atoms with Crippen molar-refractivity contribution >= 4 is 34.2 Å². The molecule has 1 aromatic carbocycles. The van der Waals surface area contributed by atoms with E-state index in [1.54, 1.807) is 18.1 Å². The van der Waals surface area contributed by atoms with E-state index in [2.05, 4.69) is 22.6 Å². The van der Waals surface area contributed by atoms with Crippen LogP contribution in [0.4, 0.5) is 10.1 Å². The van der Waals surface area contributed by atoms with Gasteiger partial charge in [-0.2, -0.15) is 0 Å². The van der Waals surface area contributed by atoms with Gasteiger partial charge in [-0.15, -0.1) is 0 Å². The summed E-state index contributed by atoms with van der Waals surface area (Å²) in [5.74, 6) is -0.112. The number of hydrogen-bond donors (Lipinski definition) is 0. The van der Waals surface area contributed by atoms with Crippen LogP contribution in [0, 0.1) is 5.82 Å². The van der Waals surface area contributed by atoms with Gasteiger partial charge in [0.15, 0.2) is 6.61 Å². The number of ether oxygens (including phenoxy) is 2. The number of hydrogen-bond acceptors (Lipinski definition) is 3. The van der Waals surface area contributed by atoms with Crippen LogP contribution in [0.2, 0.25) is 0 Å². The monoisotopic (exact) mass is 365 g/mol. The van der Waals surface area contributed by atoms with E-state index in [1.165, 1.54) is 12.1 Å². The Hall–Kier alpha value is -0.890. The van der Waals surface area contributed by atoms with Crippen LogP contribution in [-0.4, -0.2) is 36.7 Å². The van der Waals surface area contributed by atoms with Gasteiger partial charge in [-0.3, -0.25) is 4.79 Å². The van der Waals surface area contributed by atoms with Gasteiger partial charge < -0.3 is 14.4 Å². The minimum atomic E-state index is -0.375. The molecule has 18 heavy (non-hydrogen) atoms. The lowest BCUT2D eigenvalue weighted by Gasteiger charge is -2.31. The van der Waals surface area contributed by atoms with Crippen molar-refractivity contribution in [3.05, 3.63) is 24.0 Å². The molecule has 4 nitrogen and oxygen atoms in total. The first-order chi connectivity index (χ1) is 8.65. The molecule has 0 aromatic heterocycles. The van der Waals surface area contributed by atoms with Crippen molar-refractivity contribution in [2.75, 3.05) is 29.6 Å². The lowest BCUT2D eigenvalue weighted by atomic mass is 10.2. The van der Waals surface area contributed by atoms with Crippen molar-refractivity contribution in [1.82, 2.24) is 0 Å². The van der Waals surface area contributed by atoms with Crippen LogP contribution in [0.3, 0.4) is 0 Å². The van der Waals surface area contributed by atoms with Crippen LogP contribution < -0.4 is 9.64 Å². The maximum absolute atomic E-state index is 13.1. The maximum Gasteiger partial charge on any atom is 0.265 e. The standard InChI is InChI=1S/C12H13FINO3/c1-17-9(5-14)6-15-10-3-2-8(13)4-11(10)18-7-12(15)16/h2-4,9H,5-7H2,1H3/t9-/m0/s1. The predicted molar refractivity (Wildman–Crippen MR) is 73.9 cm³/mol. The number of halogens is 2. The van der Waals surface area contributed by atoms with Crippen LogP contribution in [0.25, 0.3) is 0 Å². The molecule has 2 rings (SSSR count). The zero-order chi connectivity index (χ0) is 13.1. The Balaban J connectivity index is 2.27. The zero-order valence-corrected chi connectivity index (χ0v) is 12.0. The summed E-state index contributed by atoms with van der Waals surface area (Å²) in [6.07, 6.45) is -0.0504. The highest BCUT2D eigenvalue weighted by atomic mass is 127. The Bertz CT molecular complexity index is 451. The average Bonchev–Trinajstić information content (AvgIpc) is 2.38. The lowest BCUT2D eigenvalue weighted by molar-refractivity contribution is -0.121. The van der Waals surface area contributed by atoms with Crippen LogP contribution in [0.1, 0.15) is 0 Å². The van der Waals surface area contributed by atoms with Crippen LogP contribution in [0.5, 0.6) is 5.75 Å². The summed E-state index contributed by atoms with van der Waals surface area (Å²) in [5, 5.41) is 0. The molecule has 0 spiro atoms. The Kier molecular flexibility index (Phi) is 4.39. The van der Waals surface area contributed by atoms with Gasteiger partial charge in [0.2, 0.25) is 0 Å². The molecule has 0 saturated heterocycles. The number of methoxy groups -OCH3 is 1. The number of nitrogens with zero attached hydrogens (tertiary/aromatic N) is 1. The number of fused-ring (bicyclic) bond motifs is 1. The zero-order valence-electron chi connectivity index (χ0n) is 9.86. The molecule has 6 heteroatoms. The molecule has 1 aromatic rings. The average molecular weight is 365 g/mol. The minimum absolute atomic E-state index is 0.0504. The van der Waals surface area contributed by atoms with E-state index in [0.29, 0.717) is 18.0 Å². The largest absolute Gasteiger partial charge is 0.481 e. The fourth-order valence-corrected chi connectivity index (χ4v) is 2.41. The maximum atomic E-state index is 13.1. The van der Waals surface area contributed by atoms with Gasteiger partial charge in [0.05, 0.1) is 18.3 Å². The van der Waals surface area contributed by atoms with Crippen molar-refractivity contribution < 1.29 is 18.7 Å². The van der Waals surface area contributed by atoms with Crippen molar-refractivity contribution in [2.24, 2.45) is 0 Å². The highest BCUT2D eigenvalue weighted by Gasteiger charge is 2.27. The Morgan fingerprint density at radius 1 is 1.61 bits per heavy atom. The molecule has 98 valence electrons. The molecule has 0 N–H and O–H groups in total. The summed E-state index contributed by atoms with van der Waals surface area (Å²) in [4.78, 5) is 13.4. The number of anilines is 1. The first-order valence-electron chi connectivity index (χ1n) is 5.47. The number of carbonyl (C=O) groups excluding carboxylic acids is 1. The highest BCUT2D eigenvalue weighted by molar-refractivity contribution is 14.1.